The lowest BCUT2D eigenvalue weighted by molar-refractivity contribution is -0.213. The zero-order valence-electron chi connectivity index (χ0n) is 30.1. The second kappa shape index (κ2) is 12.9. The van der Waals surface area contributed by atoms with E-state index in [1.54, 1.807) is 0 Å². The molecular weight excluding hydrogens is 665 g/mol. The van der Waals surface area contributed by atoms with Crippen molar-refractivity contribution in [2.45, 2.75) is 61.3 Å². The maximum absolute atomic E-state index is 14.3. The minimum Gasteiger partial charge on any atom is -0.377 e. The molecule has 8 aromatic rings. The fourth-order valence-electron chi connectivity index (χ4n) is 9.68. The lowest BCUT2D eigenvalue weighted by Gasteiger charge is -2.43. The Morgan fingerprint density at radius 3 is 0.963 bits per heavy atom. The Bertz CT molecular complexity index is 2320. The minimum atomic E-state index is -1.78. The van der Waals surface area contributed by atoms with E-state index < -0.39 is 29.2 Å². The van der Waals surface area contributed by atoms with Crippen LogP contribution >= 0.6 is 0 Å². The first kappa shape index (κ1) is 33.2. The Morgan fingerprint density at radius 1 is 0.370 bits per heavy atom. The molecule has 0 amide bonds. The Kier molecular flexibility index (Phi) is 7.94. The van der Waals surface area contributed by atoms with E-state index in [9.17, 15) is 10.2 Å². The SMILES string of the molecule is OC(c1cccc2ccccc12)(c1cccc2ccccc12)[C@@H]1OC2(CCCCC2)O[C@H]1C(O)(c1cccc2ccccc12)c1cccc2ccccc12. The summed E-state index contributed by atoms with van der Waals surface area (Å²) >= 11 is 0. The second-order valence-corrected chi connectivity index (χ2v) is 15.2. The second-order valence-electron chi connectivity index (χ2n) is 15.2. The van der Waals surface area contributed by atoms with Crippen LogP contribution in [0.15, 0.2) is 170 Å². The van der Waals surface area contributed by atoms with Crippen molar-refractivity contribution in [3.8, 4) is 0 Å². The third kappa shape index (κ3) is 5.05. The highest BCUT2D eigenvalue weighted by molar-refractivity contribution is 5.93. The van der Waals surface area contributed by atoms with Crippen LogP contribution in [0.5, 0.6) is 0 Å². The molecule has 0 unspecified atom stereocenters. The minimum absolute atomic E-state index is 0.669. The number of aliphatic hydroxyl groups is 2. The van der Waals surface area contributed by atoms with E-state index >= 15 is 0 Å². The Hall–Kier alpha value is -5.36. The Labute approximate surface area is 315 Å². The van der Waals surface area contributed by atoms with E-state index in [-0.39, 0.29) is 0 Å². The number of benzene rings is 8. The van der Waals surface area contributed by atoms with Crippen molar-refractivity contribution in [2.24, 2.45) is 0 Å². The molecule has 2 fully saturated rings. The molecular formula is C50H42O4. The van der Waals surface area contributed by atoms with Crippen LogP contribution < -0.4 is 0 Å². The largest absolute Gasteiger partial charge is 0.377 e. The van der Waals surface area contributed by atoms with Gasteiger partial charge in [0.25, 0.3) is 0 Å². The molecule has 1 saturated heterocycles. The van der Waals surface area contributed by atoms with Gasteiger partial charge in [0.05, 0.1) is 0 Å². The van der Waals surface area contributed by atoms with E-state index in [4.69, 9.17) is 9.47 Å². The van der Waals surface area contributed by atoms with Crippen molar-refractivity contribution in [1.29, 1.82) is 0 Å². The molecule has 8 aromatic carbocycles. The van der Waals surface area contributed by atoms with E-state index in [1.807, 2.05) is 97.1 Å². The number of ether oxygens (including phenoxy) is 2. The summed E-state index contributed by atoms with van der Waals surface area (Å²) in [4.78, 5) is 0. The molecule has 0 bridgehead atoms. The standard InChI is InChI=1S/C50H42O4/c51-49(42-28-12-20-34-16-2-6-24-38(34)42,43-29-13-21-35-17-3-7-25-39(35)43)46-47(54-48(53-46)32-10-1-11-33-48)50(52,44-30-14-22-36-18-4-8-26-40(36)44)45-31-15-23-37-19-5-9-27-41(37)45/h2-9,12-31,46-47,51-52H,1,10-11,32-33H2/t46-,47-/m1/s1. The number of hydrogen-bond acceptors (Lipinski definition) is 4. The van der Waals surface area contributed by atoms with Crippen LogP contribution in [0.3, 0.4) is 0 Å². The summed E-state index contributed by atoms with van der Waals surface area (Å²) in [5, 5.41) is 36.3. The molecule has 4 heteroatoms. The molecule has 0 radical (unpaired) electrons. The van der Waals surface area contributed by atoms with E-state index in [2.05, 4.69) is 72.8 Å². The molecule has 1 aliphatic carbocycles. The van der Waals surface area contributed by atoms with Crippen LogP contribution in [0, 0.1) is 0 Å². The summed E-state index contributed by atoms with van der Waals surface area (Å²) in [6, 6.07) is 57.2. The van der Waals surface area contributed by atoms with Gasteiger partial charge in [-0.15, -0.1) is 0 Å². The summed E-state index contributed by atoms with van der Waals surface area (Å²) in [6.45, 7) is 0. The van der Waals surface area contributed by atoms with Gasteiger partial charge in [-0.1, -0.05) is 176 Å². The molecule has 1 spiro atoms. The zero-order valence-corrected chi connectivity index (χ0v) is 30.1. The van der Waals surface area contributed by atoms with Crippen LogP contribution in [0.1, 0.15) is 54.4 Å². The highest BCUT2D eigenvalue weighted by Crippen LogP contribution is 2.56. The molecule has 54 heavy (non-hydrogen) atoms. The van der Waals surface area contributed by atoms with E-state index in [0.29, 0.717) is 35.1 Å². The van der Waals surface area contributed by atoms with E-state index in [0.717, 1.165) is 62.4 Å². The van der Waals surface area contributed by atoms with Crippen LogP contribution in [0.2, 0.25) is 0 Å². The fourth-order valence-corrected chi connectivity index (χ4v) is 9.68. The summed E-state index contributed by atoms with van der Waals surface area (Å²) in [7, 11) is 0. The van der Waals surface area contributed by atoms with Gasteiger partial charge in [0.15, 0.2) is 5.79 Å². The lowest BCUT2D eigenvalue weighted by atomic mass is 9.69. The van der Waals surface area contributed by atoms with E-state index in [1.165, 1.54) is 0 Å². The molecule has 266 valence electrons. The highest BCUT2D eigenvalue weighted by Gasteiger charge is 2.64. The van der Waals surface area contributed by atoms with Crippen LogP contribution in [0.4, 0.5) is 0 Å². The Balaban J connectivity index is 1.33. The van der Waals surface area contributed by atoms with Gasteiger partial charge in [-0.05, 0) is 78.2 Å². The van der Waals surface area contributed by atoms with Crippen molar-refractivity contribution in [2.75, 3.05) is 0 Å². The number of rotatable bonds is 6. The summed E-state index contributed by atoms with van der Waals surface area (Å²) < 4.78 is 14.9. The van der Waals surface area contributed by atoms with Crippen molar-refractivity contribution >= 4 is 43.1 Å². The van der Waals surface area contributed by atoms with Crippen LogP contribution in [-0.4, -0.2) is 28.2 Å². The van der Waals surface area contributed by atoms with Crippen LogP contribution in [0.25, 0.3) is 43.1 Å². The van der Waals surface area contributed by atoms with Crippen molar-refractivity contribution in [3.05, 3.63) is 192 Å². The predicted octanol–water partition coefficient (Wildman–Crippen LogP) is 10.9. The van der Waals surface area contributed by atoms with Gasteiger partial charge in [-0.3, -0.25) is 0 Å². The van der Waals surface area contributed by atoms with Gasteiger partial charge in [-0.25, -0.2) is 0 Å². The first-order chi connectivity index (χ1) is 26.5. The van der Waals surface area contributed by atoms with Gasteiger partial charge >= 0.3 is 0 Å². The average molecular weight is 707 g/mol. The third-order valence-electron chi connectivity index (χ3n) is 12.2. The highest BCUT2D eigenvalue weighted by atomic mass is 16.8. The summed E-state index contributed by atoms with van der Waals surface area (Å²) in [6.07, 6.45) is 2.19. The topological polar surface area (TPSA) is 58.9 Å². The number of fused-ring (bicyclic) bond motifs is 4. The smallest absolute Gasteiger partial charge is 0.169 e. The summed E-state index contributed by atoms with van der Waals surface area (Å²) in [5.41, 5.74) is -0.723. The lowest BCUT2D eigenvalue weighted by Crippen LogP contribution is -2.55. The molecule has 2 atom stereocenters. The first-order valence-electron chi connectivity index (χ1n) is 19.2. The van der Waals surface area contributed by atoms with Gasteiger partial charge in [0.1, 0.15) is 23.4 Å². The monoisotopic (exact) mass is 706 g/mol. The average Bonchev–Trinajstić information content (AvgIpc) is 3.61. The molecule has 10 rings (SSSR count). The summed E-state index contributed by atoms with van der Waals surface area (Å²) in [5.74, 6) is -1.00. The zero-order chi connectivity index (χ0) is 36.3. The normalized spacial score (nSPS) is 18.9. The molecule has 4 nitrogen and oxygen atoms in total. The van der Waals surface area contributed by atoms with Crippen molar-refractivity contribution < 1.29 is 19.7 Å². The maximum atomic E-state index is 14.3. The fraction of sp³-hybridized carbons (Fsp3) is 0.200. The Morgan fingerprint density at radius 2 is 0.648 bits per heavy atom. The van der Waals surface area contributed by atoms with Crippen LogP contribution in [-0.2, 0) is 20.7 Å². The quantitative estimate of drug-likeness (QED) is 0.181. The van der Waals surface area contributed by atoms with Crippen molar-refractivity contribution in [1.82, 2.24) is 0 Å². The molecule has 1 aliphatic heterocycles. The molecule has 2 N–H and O–H groups in total. The number of hydrogen-bond donors (Lipinski definition) is 2. The molecule has 2 aliphatic rings. The maximum Gasteiger partial charge on any atom is 0.169 e. The molecule has 0 aromatic heterocycles. The first-order valence-corrected chi connectivity index (χ1v) is 19.2. The third-order valence-corrected chi connectivity index (χ3v) is 12.2. The molecule has 1 saturated carbocycles. The van der Waals surface area contributed by atoms with Gasteiger partial charge < -0.3 is 19.7 Å². The van der Waals surface area contributed by atoms with Gasteiger partial charge in [-0.2, -0.15) is 0 Å². The van der Waals surface area contributed by atoms with Gasteiger partial charge in [0, 0.05) is 12.8 Å². The molecule has 1 heterocycles. The van der Waals surface area contributed by atoms with Crippen molar-refractivity contribution in [3.63, 3.8) is 0 Å². The van der Waals surface area contributed by atoms with Gasteiger partial charge in [0.2, 0.25) is 0 Å². The predicted molar refractivity (Wildman–Crippen MR) is 217 cm³/mol.